The molecule has 0 saturated heterocycles. The molecule has 0 amide bonds. The average molecular weight is 228 g/mol. The summed E-state index contributed by atoms with van der Waals surface area (Å²) in [5, 5.41) is 0. The molecule has 88 valence electrons. The number of aryl methyl sites for hydroxylation is 1. The predicted molar refractivity (Wildman–Crippen MR) is 69.7 cm³/mol. The van der Waals surface area contributed by atoms with Gasteiger partial charge in [-0.3, -0.25) is 4.98 Å². The van der Waals surface area contributed by atoms with Crippen molar-refractivity contribution in [2.45, 2.75) is 13.5 Å². The molecule has 2 rings (SSSR count). The molecule has 4 nitrogen and oxygen atoms in total. The number of nitrogens with two attached hydrogens (primary N) is 1. The lowest BCUT2D eigenvalue weighted by Gasteiger charge is -2.19. The van der Waals surface area contributed by atoms with Gasteiger partial charge in [0.05, 0.1) is 5.69 Å². The van der Waals surface area contributed by atoms with Crippen LogP contribution in [0.25, 0.3) is 0 Å². The molecule has 2 N–H and O–H groups in total. The Morgan fingerprint density at radius 3 is 2.82 bits per heavy atom. The minimum atomic E-state index is 0.705. The van der Waals surface area contributed by atoms with E-state index in [9.17, 15) is 0 Å². The molecule has 0 aromatic carbocycles. The van der Waals surface area contributed by atoms with Crippen LogP contribution in [0.4, 0.5) is 11.5 Å². The number of anilines is 2. The van der Waals surface area contributed by atoms with Gasteiger partial charge in [-0.2, -0.15) is 0 Å². The molecule has 17 heavy (non-hydrogen) atoms. The van der Waals surface area contributed by atoms with E-state index in [-0.39, 0.29) is 0 Å². The van der Waals surface area contributed by atoms with Gasteiger partial charge >= 0.3 is 0 Å². The van der Waals surface area contributed by atoms with Crippen molar-refractivity contribution < 1.29 is 0 Å². The second-order valence-electron chi connectivity index (χ2n) is 4.14. The highest BCUT2D eigenvalue weighted by Crippen LogP contribution is 2.20. The highest BCUT2D eigenvalue weighted by molar-refractivity contribution is 5.62. The lowest BCUT2D eigenvalue weighted by molar-refractivity contribution is 0.892. The maximum Gasteiger partial charge on any atom is 0.151 e. The minimum absolute atomic E-state index is 0.705. The molecule has 2 aromatic heterocycles. The van der Waals surface area contributed by atoms with Crippen molar-refractivity contribution in [3.8, 4) is 0 Å². The fourth-order valence-electron chi connectivity index (χ4n) is 1.74. The quantitative estimate of drug-likeness (QED) is 0.873. The van der Waals surface area contributed by atoms with Crippen LogP contribution in [0.5, 0.6) is 0 Å². The fourth-order valence-corrected chi connectivity index (χ4v) is 1.74. The lowest BCUT2D eigenvalue weighted by atomic mass is 10.2. The summed E-state index contributed by atoms with van der Waals surface area (Å²) in [7, 11) is 1.97. The van der Waals surface area contributed by atoms with E-state index in [4.69, 9.17) is 5.73 Å². The van der Waals surface area contributed by atoms with Gasteiger partial charge in [0.1, 0.15) is 0 Å². The molecule has 0 spiro atoms. The van der Waals surface area contributed by atoms with E-state index in [1.54, 1.807) is 6.20 Å². The van der Waals surface area contributed by atoms with Gasteiger partial charge in [0.15, 0.2) is 5.82 Å². The second kappa shape index (κ2) is 4.82. The molecule has 2 aromatic rings. The first-order chi connectivity index (χ1) is 8.16. The Labute approximate surface area is 101 Å². The van der Waals surface area contributed by atoms with Crippen LogP contribution in [-0.4, -0.2) is 17.0 Å². The zero-order chi connectivity index (χ0) is 12.3. The predicted octanol–water partition coefficient (Wildman–Crippen LogP) is 2.00. The van der Waals surface area contributed by atoms with Gasteiger partial charge in [-0.05, 0) is 30.2 Å². The maximum atomic E-state index is 5.96. The van der Waals surface area contributed by atoms with E-state index in [0.717, 1.165) is 23.5 Å². The number of nitrogen functional groups attached to an aromatic ring is 1. The topological polar surface area (TPSA) is 55.0 Å². The van der Waals surface area contributed by atoms with Crippen LogP contribution in [-0.2, 0) is 6.54 Å². The van der Waals surface area contributed by atoms with E-state index in [2.05, 4.69) is 9.97 Å². The first kappa shape index (κ1) is 11.4. The summed E-state index contributed by atoms with van der Waals surface area (Å²) < 4.78 is 0. The van der Waals surface area contributed by atoms with Crippen LogP contribution in [0.2, 0.25) is 0 Å². The molecular formula is C13H16N4. The third kappa shape index (κ3) is 2.72. The van der Waals surface area contributed by atoms with Crippen LogP contribution in [0.3, 0.4) is 0 Å². The Kier molecular flexibility index (Phi) is 3.23. The van der Waals surface area contributed by atoms with Crippen molar-refractivity contribution in [2.75, 3.05) is 17.7 Å². The molecule has 0 atom stereocenters. The standard InChI is InChI=1S/C13H16N4/c1-10-6-12(14)13(16-7-10)17(2)9-11-4-3-5-15-8-11/h3-8H,9,14H2,1-2H3. The van der Waals surface area contributed by atoms with Crippen LogP contribution >= 0.6 is 0 Å². The number of aromatic nitrogens is 2. The smallest absolute Gasteiger partial charge is 0.151 e. The number of pyridine rings is 2. The SMILES string of the molecule is Cc1cnc(N(C)Cc2cccnc2)c(N)c1. The van der Waals surface area contributed by atoms with Crippen molar-refractivity contribution in [1.29, 1.82) is 0 Å². The Hall–Kier alpha value is -2.10. The molecule has 0 fully saturated rings. The molecule has 0 radical (unpaired) electrons. The summed E-state index contributed by atoms with van der Waals surface area (Å²) in [6.45, 7) is 2.72. The molecule has 4 heteroatoms. The Morgan fingerprint density at radius 1 is 1.35 bits per heavy atom. The number of hydrogen-bond acceptors (Lipinski definition) is 4. The molecule has 0 saturated carbocycles. The number of rotatable bonds is 3. The summed E-state index contributed by atoms with van der Waals surface area (Å²) in [6, 6.07) is 5.89. The summed E-state index contributed by atoms with van der Waals surface area (Å²) in [4.78, 5) is 10.5. The lowest BCUT2D eigenvalue weighted by Crippen LogP contribution is -2.19. The normalized spacial score (nSPS) is 10.2. The number of nitrogens with zero attached hydrogens (tertiary/aromatic N) is 3. The molecule has 0 aliphatic heterocycles. The Balaban J connectivity index is 2.17. The maximum absolute atomic E-state index is 5.96. The highest BCUT2D eigenvalue weighted by Gasteiger charge is 2.07. The van der Waals surface area contributed by atoms with Crippen LogP contribution in [0, 0.1) is 6.92 Å². The van der Waals surface area contributed by atoms with Crippen LogP contribution in [0.1, 0.15) is 11.1 Å². The van der Waals surface area contributed by atoms with Gasteiger partial charge in [-0.15, -0.1) is 0 Å². The third-order valence-electron chi connectivity index (χ3n) is 2.54. The molecule has 0 bridgehead atoms. The van der Waals surface area contributed by atoms with E-state index >= 15 is 0 Å². The average Bonchev–Trinajstić information content (AvgIpc) is 2.30. The first-order valence-corrected chi connectivity index (χ1v) is 5.49. The van der Waals surface area contributed by atoms with Gasteiger partial charge in [0, 0.05) is 32.2 Å². The van der Waals surface area contributed by atoms with Gasteiger partial charge in [-0.1, -0.05) is 6.07 Å². The van der Waals surface area contributed by atoms with Gasteiger partial charge in [0.2, 0.25) is 0 Å². The van der Waals surface area contributed by atoms with E-state index < -0.39 is 0 Å². The minimum Gasteiger partial charge on any atom is -0.396 e. The monoisotopic (exact) mass is 228 g/mol. The summed E-state index contributed by atoms with van der Waals surface area (Å²) >= 11 is 0. The fraction of sp³-hybridized carbons (Fsp3) is 0.231. The van der Waals surface area contributed by atoms with Crippen LogP contribution < -0.4 is 10.6 Å². The summed E-state index contributed by atoms with van der Waals surface area (Å²) in [5.41, 5.74) is 8.87. The second-order valence-corrected chi connectivity index (χ2v) is 4.14. The van der Waals surface area contributed by atoms with Crippen molar-refractivity contribution in [3.05, 3.63) is 47.9 Å². The molecule has 0 aliphatic rings. The molecule has 0 aliphatic carbocycles. The van der Waals surface area contributed by atoms with Crippen molar-refractivity contribution in [1.82, 2.24) is 9.97 Å². The van der Waals surface area contributed by atoms with E-state index in [1.165, 1.54) is 0 Å². The number of hydrogen-bond donors (Lipinski definition) is 1. The highest BCUT2D eigenvalue weighted by atomic mass is 15.2. The molecule has 0 unspecified atom stereocenters. The summed E-state index contributed by atoms with van der Waals surface area (Å²) in [6.07, 6.45) is 5.44. The Bertz CT molecular complexity index is 496. The van der Waals surface area contributed by atoms with Gasteiger partial charge in [-0.25, -0.2) is 4.98 Å². The van der Waals surface area contributed by atoms with Gasteiger partial charge in [0.25, 0.3) is 0 Å². The van der Waals surface area contributed by atoms with Crippen molar-refractivity contribution in [2.24, 2.45) is 0 Å². The van der Waals surface area contributed by atoms with Crippen molar-refractivity contribution >= 4 is 11.5 Å². The van der Waals surface area contributed by atoms with E-state index in [0.29, 0.717) is 5.69 Å². The van der Waals surface area contributed by atoms with Crippen molar-refractivity contribution in [3.63, 3.8) is 0 Å². The third-order valence-corrected chi connectivity index (χ3v) is 2.54. The zero-order valence-electron chi connectivity index (χ0n) is 10.1. The van der Waals surface area contributed by atoms with Gasteiger partial charge < -0.3 is 10.6 Å². The largest absolute Gasteiger partial charge is 0.396 e. The summed E-state index contributed by atoms with van der Waals surface area (Å²) in [5.74, 6) is 0.805. The van der Waals surface area contributed by atoms with E-state index in [1.807, 2.05) is 49.5 Å². The first-order valence-electron chi connectivity index (χ1n) is 5.49. The zero-order valence-corrected chi connectivity index (χ0v) is 10.1. The van der Waals surface area contributed by atoms with Crippen LogP contribution in [0.15, 0.2) is 36.8 Å². The Morgan fingerprint density at radius 2 is 2.18 bits per heavy atom. The molecular weight excluding hydrogens is 212 g/mol. The molecule has 2 heterocycles.